The van der Waals surface area contributed by atoms with E-state index in [4.69, 9.17) is 9.72 Å². The highest BCUT2D eigenvalue weighted by molar-refractivity contribution is 5.92. The lowest BCUT2D eigenvalue weighted by atomic mass is 9.49. The van der Waals surface area contributed by atoms with Crippen molar-refractivity contribution >= 4 is 12.0 Å². The third-order valence-electron chi connectivity index (χ3n) is 8.90. The zero-order valence-corrected chi connectivity index (χ0v) is 21.3. The zero-order chi connectivity index (χ0) is 24.4. The number of carboxylic acid groups (broad SMARTS) is 1. The molecule has 4 aliphatic carbocycles. The fourth-order valence-electron chi connectivity index (χ4n) is 7.61. The van der Waals surface area contributed by atoms with Gasteiger partial charge >= 0.3 is 5.97 Å². The molecule has 35 heavy (non-hydrogen) atoms. The fraction of sp³-hybridized carbons (Fsp3) is 0.600. The van der Waals surface area contributed by atoms with Gasteiger partial charge in [-0.1, -0.05) is 25.5 Å². The second-order valence-electron chi connectivity index (χ2n) is 11.5. The first-order valence-corrected chi connectivity index (χ1v) is 13.6. The molecule has 0 saturated heterocycles. The molecule has 0 spiro atoms. The van der Waals surface area contributed by atoms with Crippen LogP contribution in [0, 0.1) is 23.2 Å². The molecule has 6 rings (SSSR count). The molecule has 5 nitrogen and oxygen atoms in total. The number of aryl methyl sites for hydroxylation is 1. The molecule has 0 radical (unpaired) electrons. The summed E-state index contributed by atoms with van der Waals surface area (Å²) in [5.41, 5.74) is 2.80. The Morgan fingerprint density at radius 2 is 1.80 bits per heavy atom. The van der Waals surface area contributed by atoms with E-state index in [2.05, 4.69) is 11.5 Å². The Labute approximate surface area is 209 Å². The first-order chi connectivity index (χ1) is 17.0. The molecule has 5 heteroatoms. The monoisotopic (exact) mass is 476 g/mol. The molecule has 1 aromatic carbocycles. The number of methoxy groups -OCH3 is 1. The van der Waals surface area contributed by atoms with E-state index < -0.39 is 5.97 Å². The number of carbonyl (C=O) groups is 1. The van der Waals surface area contributed by atoms with Crippen molar-refractivity contribution in [1.82, 2.24) is 9.55 Å². The van der Waals surface area contributed by atoms with Gasteiger partial charge in [-0.15, -0.1) is 0 Å². The molecule has 1 aromatic heterocycles. The molecule has 1 N–H and O–H groups in total. The molecule has 4 aliphatic rings. The molecule has 1 heterocycles. The zero-order valence-electron chi connectivity index (χ0n) is 21.3. The average molecular weight is 477 g/mol. The highest BCUT2D eigenvalue weighted by Gasteiger charge is 2.50. The molecule has 4 saturated carbocycles. The minimum absolute atomic E-state index is 0.379. The maximum atomic E-state index is 12.2. The average Bonchev–Trinajstić information content (AvgIpc) is 3.21. The summed E-state index contributed by atoms with van der Waals surface area (Å²) < 4.78 is 7.58. The van der Waals surface area contributed by atoms with Crippen LogP contribution in [0.2, 0.25) is 0 Å². The quantitative estimate of drug-likeness (QED) is 0.373. The third-order valence-corrected chi connectivity index (χ3v) is 8.90. The van der Waals surface area contributed by atoms with Crippen LogP contribution in [0.4, 0.5) is 0 Å². The van der Waals surface area contributed by atoms with Gasteiger partial charge in [0.25, 0.3) is 0 Å². The summed E-state index contributed by atoms with van der Waals surface area (Å²) in [5, 5.41) is 10.00. The second-order valence-corrected chi connectivity index (χ2v) is 11.5. The number of carboxylic acids is 1. The van der Waals surface area contributed by atoms with E-state index >= 15 is 0 Å². The van der Waals surface area contributed by atoms with E-state index in [1.807, 2.05) is 36.5 Å². The van der Waals surface area contributed by atoms with Crippen LogP contribution in [-0.4, -0.2) is 27.7 Å². The van der Waals surface area contributed by atoms with E-state index in [1.54, 1.807) is 7.11 Å². The van der Waals surface area contributed by atoms with Gasteiger partial charge in [-0.05, 0) is 98.3 Å². The highest BCUT2D eigenvalue weighted by atomic mass is 16.5. The standard InChI is InChI=1S/C30H40N2O3/c1-3-4-5-28-31-20-26(16-25(29(33)34)15-21-6-8-27(35-2)9-7-21)32(28)11-10-30-17-22-12-23(18-30)14-24(13-22)19-30/h6-9,16,20,22-24H,3-5,10-15,17-19H2,1-2H3,(H,33,34). The number of nitrogens with zero attached hydrogens (tertiary/aromatic N) is 2. The smallest absolute Gasteiger partial charge is 0.331 e. The van der Waals surface area contributed by atoms with Gasteiger partial charge in [0.1, 0.15) is 11.6 Å². The van der Waals surface area contributed by atoms with Crippen LogP contribution in [0.15, 0.2) is 36.0 Å². The number of rotatable bonds is 11. The number of hydrogen-bond donors (Lipinski definition) is 1. The van der Waals surface area contributed by atoms with Gasteiger partial charge in [0.2, 0.25) is 0 Å². The number of imidazole rings is 1. The summed E-state index contributed by atoms with van der Waals surface area (Å²) in [4.78, 5) is 17.0. The van der Waals surface area contributed by atoms with Gasteiger partial charge in [0, 0.05) is 25.0 Å². The van der Waals surface area contributed by atoms with Crippen molar-refractivity contribution in [3.8, 4) is 5.75 Å². The van der Waals surface area contributed by atoms with Crippen LogP contribution in [0.1, 0.15) is 81.8 Å². The van der Waals surface area contributed by atoms with E-state index in [9.17, 15) is 9.90 Å². The van der Waals surface area contributed by atoms with Crippen molar-refractivity contribution < 1.29 is 14.6 Å². The van der Waals surface area contributed by atoms with Gasteiger partial charge in [0.05, 0.1) is 19.0 Å². The lowest BCUT2D eigenvalue weighted by Gasteiger charge is -2.57. The van der Waals surface area contributed by atoms with Crippen molar-refractivity contribution in [3.63, 3.8) is 0 Å². The van der Waals surface area contributed by atoms with Crippen molar-refractivity contribution in [3.05, 3.63) is 53.1 Å². The van der Waals surface area contributed by atoms with Gasteiger partial charge in [-0.2, -0.15) is 0 Å². The highest BCUT2D eigenvalue weighted by Crippen LogP contribution is 2.61. The summed E-state index contributed by atoms with van der Waals surface area (Å²) in [6.45, 7) is 3.16. The summed E-state index contributed by atoms with van der Waals surface area (Å²) in [6, 6.07) is 7.64. The van der Waals surface area contributed by atoms with Crippen LogP contribution in [-0.2, 0) is 24.2 Å². The summed E-state index contributed by atoms with van der Waals surface area (Å²) in [7, 11) is 1.64. The Hall–Kier alpha value is -2.56. The van der Waals surface area contributed by atoms with Crippen LogP contribution in [0.3, 0.4) is 0 Å². The third kappa shape index (κ3) is 5.34. The predicted molar refractivity (Wildman–Crippen MR) is 138 cm³/mol. The molecule has 4 bridgehead atoms. The first kappa shape index (κ1) is 24.1. The van der Waals surface area contributed by atoms with Crippen LogP contribution >= 0.6 is 0 Å². The number of hydrogen-bond acceptors (Lipinski definition) is 3. The summed E-state index contributed by atoms with van der Waals surface area (Å²) in [5.74, 6) is 3.86. The first-order valence-electron chi connectivity index (χ1n) is 13.6. The number of aliphatic carboxylic acids is 1. The molecule has 0 aliphatic heterocycles. The molecule has 0 atom stereocenters. The Kier molecular flexibility index (Phi) is 7.04. The van der Waals surface area contributed by atoms with E-state index in [0.29, 0.717) is 17.4 Å². The number of unbranched alkanes of at least 4 members (excludes halogenated alkanes) is 1. The van der Waals surface area contributed by atoms with Crippen LogP contribution in [0.25, 0.3) is 6.08 Å². The SMILES string of the molecule is CCCCc1ncc(C=C(Cc2ccc(OC)cc2)C(=O)O)n1CCC12CC3CC(CC(C3)C1)C2. The van der Waals surface area contributed by atoms with Crippen LogP contribution in [0.5, 0.6) is 5.75 Å². The van der Waals surface area contributed by atoms with E-state index in [1.165, 1.54) is 44.9 Å². The Balaban J connectivity index is 1.38. The maximum Gasteiger partial charge on any atom is 0.331 e. The second kappa shape index (κ2) is 10.2. The lowest BCUT2D eigenvalue weighted by molar-refractivity contribution is -0.132. The van der Waals surface area contributed by atoms with Crippen molar-refractivity contribution in [2.24, 2.45) is 23.2 Å². The van der Waals surface area contributed by atoms with Crippen LogP contribution < -0.4 is 4.74 Å². The number of ether oxygens (including phenoxy) is 1. The van der Waals surface area contributed by atoms with Crippen molar-refractivity contribution in [2.75, 3.05) is 7.11 Å². The minimum Gasteiger partial charge on any atom is -0.497 e. The lowest BCUT2D eigenvalue weighted by Crippen LogP contribution is -2.46. The largest absolute Gasteiger partial charge is 0.497 e. The fourth-order valence-corrected chi connectivity index (χ4v) is 7.61. The van der Waals surface area contributed by atoms with E-state index in [-0.39, 0.29) is 0 Å². The van der Waals surface area contributed by atoms with Gasteiger partial charge < -0.3 is 14.4 Å². The Morgan fingerprint density at radius 3 is 2.37 bits per heavy atom. The van der Waals surface area contributed by atoms with E-state index in [0.717, 1.165) is 66.4 Å². The molecular formula is C30H40N2O3. The molecule has 4 fully saturated rings. The maximum absolute atomic E-state index is 12.2. The Morgan fingerprint density at radius 1 is 1.14 bits per heavy atom. The molecule has 0 amide bonds. The van der Waals surface area contributed by atoms with Gasteiger partial charge in [0.15, 0.2) is 0 Å². The van der Waals surface area contributed by atoms with Crippen molar-refractivity contribution in [1.29, 1.82) is 0 Å². The summed E-state index contributed by atoms with van der Waals surface area (Å²) in [6.07, 6.45) is 17.1. The predicted octanol–water partition coefficient (Wildman–Crippen LogP) is 6.55. The van der Waals surface area contributed by atoms with Gasteiger partial charge in [-0.3, -0.25) is 0 Å². The number of aromatic nitrogens is 2. The van der Waals surface area contributed by atoms with Crippen molar-refractivity contribution in [2.45, 2.75) is 84.1 Å². The Bertz CT molecular complexity index is 1030. The number of benzene rings is 1. The minimum atomic E-state index is -0.871. The molecule has 188 valence electrons. The topological polar surface area (TPSA) is 64.3 Å². The normalized spacial score (nSPS) is 27.4. The molecular weight excluding hydrogens is 436 g/mol. The molecule has 0 unspecified atom stereocenters. The van der Waals surface area contributed by atoms with Gasteiger partial charge in [-0.25, -0.2) is 9.78 Å². The summed E-state index contributed by atoms with van der Waals surface area (Å²) >= 11 is 0. The molecule has 2 aromatic rings.